The lowest BCUT2D eigenvalue weighted by atomic mass is 10.2. The second kappa shape index (κ2) is 5.66. The van der Waals surface area contributed by atoms with Crippen LogP contribution < -0.4 is 10.6 Å². The molecule has 0 saturated carbocycles. The molecule has 2 aliphatic rings. The first kappa shape index (κ1) is 10.4. The zero-order chi connectivity index (χ0) is 9.64. The van der Waals surface area contributed by atoms with E-state index in [-0.39, 0.29) is 12.5 Å². The number of hydrogen-bond acceptors (Lipinski definition) is 4. The van der Waals surface area contributed by atoms with Gasteiger partial charge in [0.1, 0.15) is 12.5 Å². The van der Waals surface area contributed by atoms with Crippen LogP contribution in [0, 0.1) is 0 Å². The van der Waals surface area contributed by atoms with Gasteiger partial charge in [-0.3, -0.25) is 10.6 Å². The van der Waals surface area contributed by atoms with Crippen molar-refractivity contribution in [2.45, 2.75) is 38.1 Å². The summed E-state index contributed by atoms with van der Waals surface area (Å²) in [5.74, 6) is 0. The van der Waals surface area contributed by atoms with E-state index in [4.69, 9.17) is 9.47 Å². The zero-order valence-electron chi connectivity index (χ0n) is 8.63. The molecule has 2 heterocycles. The Morgan fingerprint density at radius 1 is 0.857 bits per heavy atom. The fraction of sp³-hybridized carbons (Fsp3) is 1.00. The van der Waals surface area contributed by atoms with Crippen LogP contribution in [0.3, 0.4) is 0 Å². The van der Waals surface area contributed by atoms with Crippen molar-refractivity contribution in [3.63, 3.8) is 0 Å². The van der Waals surface area contributed by atoms with Crippen LogP contribution in [-0.4, -0.2) is 38.8 Å². The minimum atomic E-state index is 0.246. The summed E-state index contributed by atoms with van der Waals surface area (Å²) in [6.07, 6.45) is 4.84. The number of rotatable bonds is 3. The molecule has 4 heteroatoms. The third-order valence-corrected chi connectivity index (χ3v) is 2.72. The molecule has 2 fully saturated rings. The van der Waals surface area contributed by atoms with E-state index in [0.717, 1.165) is 52.0 Å². The maximum Gasteiger partial charge on any atom is 0.108 e. The Balaban J connectivity index is 1.60. The highest BCUT2D eigenvalue weighted by atomic mass is 16.5. The average molecular weight is 200 g/mol. The van der Waals surface area contributed by atoms with Crippen LogP contribution in [0.15, 0.2) is 0 Å². The fourth-order valence-corrected chi connectivity index (χ4v) is 1.91. The first-order valence-electron chi connectivity index (χ1n) is 5.65. The van der Waals surface area contributed by atoms with Gasteiger partial charge >= 0.3 is 0 Å². The zero-order valence-corrected chi connectivity index (χ0v) is 8.63. The average Bonchev–Trinajstić information content (AvgIpc) is 2.29. The number of hydrogen-bond donors (Lipinski definition) is 2. The summed E-state index contributed by atoms with van der Waals surface area (Å²) in [5.41, 5.74) is 0. The fourth-order valence-electron chi connectivity index (χ4n) is 1.91. The summed E-state index contributed by atoms with van der Waals surface area (Å²) < 4.78 is 11.1. The minimum Gasteiger partial charge on any atom is -0.363 e. The van der Waals surface area contributed by atoms with Gasteiger partial charge in [-0.05, 0) is 38.8 Å². The Morgan fingerprint density at radius 3 is 1.71 bits per heavy atom. The lowest BCUT2D eigenvalue weighted by Gasteiger charge is -2.28. The molecule has 2 N–H and O–H groups in total. The first-order chi connectivity index (χ1) is 6.95. The monoisotopic (exact) mass is 200 g/mol. The normalized spacial score (nSPS) is 34.3. The second-order valence-corrected chi connectivity index (χ2v) is 3.91. The van der Waals surface area contributed by atoms with E-state index in [1.165, 1.54) is 0 Å². The van der Waals surface area contributed by atoms with E-state index in [9.17, 15) is 0 Å². The van der Waals surface area contributed by atoms with Crippen LogP contribution in [0.2, 0.25) is 0 Å². The molecule has 0 aromatic carbocycles. The van der Waals surface area contributed by atoms with Crippen molar-refractivity contribution in [3.05, 3.63) is 0 Å². The highest BCUT2D eigenvalue weighted by Crippen LogP contribution is 2.09. The van der Waals surface area contributed by atoms with Crippen molar-refractivity contribution in [1.29, 1.82) is 0 Å². The molecule has 2 saturated heterocycles. The van der Waals surface area contributed by atoms with Gasteiger partial charge in [0.05, 0.1) is 0 Å². The molecule has 2 rings (SSSR count). The van der Waals surface area contributed by atoms with Gasteiger partial charge in [0.2, 0.25) is 0 Å². The predicted molar refractivity (Wildman–Crippen MR) is 54.0 cm³/mol. The molecule has 0 bridgehead atoms. The van der Waals surface area contributed by atoms with Crippen molar-refractivity contribution >= 4 is 0 Å². The van der Waals surface area contributed by atoms with E-state index < -0.39 is 0 Å². The molecule has 14 heavy (non-hydrogen) atoms. The van der Waals surface area contributed by atoms with Gasteiger partial charge in [-0.2, -0.15) is 0 Å². The Hall–Kier alpha value is -0.160. The van der Waals surface area contributed by atoms with Crippen LogP contribution in [0.5, 0.6) is 0 Å². The third kappa shape index (κ3) is 3.20. The Bertz CT molecular complexity index is 136. The lowest BCUT2D eigenvalue weighted by Crippen LogP contribution is -2.42. The second-order valence-electron chi connectivity index (χ2n) is 3.91. The van der Waals surface area contributed by atoms with Gasteiger partial charge in [-0.25, -0.2) is 0 Å². The largest absolute Gasteiger partial charge is 0.363 e. The maximum atomic E-state index is 5.57. The van der Waals surface area contributed by atoms with Crippen molar-refractivity contribution in [3.8, 4) is 0 Å². The molecule has 2 aliphatic heterocycles. The highest BCUT2D eigenvalue weighted by Gasteiger charge is 2.17. The molecule has 0 radical (unpaired) electrons. The summed E-state index contributed by atoms with van der Waals surface area (Å²) in [7, 11) is 0. The molecule has 0 aromatic rings. The summed E-state index contributed by atoms with van der Waals surface area (Å²) in [4.78, 5) is 0. The molecule has 0 spiro atoms. The predicted octanol–water partition coefficient (Wildman–Crippen LogP) is 0.439. The van der Waals surface area contributed by atoms with Gasteiger partial charge in [-0.15, -0.1) is 0 Å². The SMILES string of the molecule is C1CNC(CCC2NCCCO2)OC1. The molecule has 2 atom stereocenters. The van der Waals surface area contributed by atoms with E-state index in [1.807, 2.05) is 0 Å². The minimum absolute atomic E-state index is 0.246. The van der Waals surface area contributed by atoms with Crippen LogP contribution >= 0.6 is 0 Å². The summed E-state index contributed by atoms with van der Waals surface area (Å²) >= 11 is 0. The van der Waals surface area contributed by atoms with Crippen LogP contribution in [0.1, 0.15) is 25.7 Å². The smallest absolute Gasteiger partial charge is 0.108 e. The number of nitrogens with one attached hydrogen (secondary N) is 2. The van der Waals surface area contributed by atoms with Crippen molar-refractivity contribution in [2.24, 2.45) is 0 Å². The van der Waals surface area contributed by atoms with Crippen LogP contribution in [0.25, 0.3) is 0 Å². The maximum absolute atomic E-state index is 5.57. The van der Waals surface area contributed by atoms with Gasteiger partial charge in [0.15, 0.2) is 0 Å². The van der Waals surface area contributed by atoms with Crippen molar-refractivity contribution in [1.82, 2.24) is 10.6 Å². The lowest BCUT2D eigenvalue weighted by molar-refractivity contribution is -0.0378. The summed E-state index contributed by atoms with van der Waals surface area (Å²) in [6.45, 7) is 3.97. The summed E-state index contributed by atoms with van der Waals surface area (Å²) in [6, 6.07) is 0. The Labute approximate surface area is 85.3 Å². The van der Waals surface area contributed by atoms with E-state index in [2.05, 4.69) is 10.6 Å². The standard InChI is InChI=1S/C10H20N2O2/c1-5-11-9(13-7-1)3-4-10-12-6-2-8-14-10/h9-12H,1-8H2. The third-order valence-electron chi connectivity index (χ3n) is 2.72. The highest BCUT2D eigenvalue weighted by molar-refractivity contribution is 4.67. The van der Waals surface area contributed by atoms with Gasteiger partial charge in [0, 0.05) is 13.2 Å². The van der Waals surface area contributed by atoms with Crippen molar-refractivity contribution in [2.75, 3.05) is 26.3 Å². The van der Waals surface area contributed by atoms with Gasteiger partial charge in [0.25, 0.3) is 0 Å². The van der Waals surface area contributed by atoms with E-state index >= 15 is 0 Å². The molecule has 4 nitrogen and oxygen atoms in total. The van der Waals surface area contributed by atoms with E-state index in [1.54, 1.807) is 0 Å². The molecular weight excluding hydrogens is 180 g/mol. The molecule has 2 unspecified atom stereocenters. The molecule has 0 amide bonds. The van der Waals surface area contributed by atoms with E-state index in [0.29, 0.717) is 0 Å². The van der Waals surface area contributed by atoms with Gasteiger partial charge < -0.3 is 9.47 Å². The Morgan fingerprint density at radius 2 is 1.36 bits per heavy atom. The quantitative estimate of drug-likeness (QED) is 0.693. The molecule has 0 aromatic heterocycles. The van der Waals surface area contributed by atoms with Crippen LogP contribution in [-0.2, 0) is 9.47 Å². The molecular formula is C10H20N2O2. The van der Waals surface area contributed by atoms with Crippen molar-refractivity contribution < 1.29 is 9.47 Å². The van der Waals surface area contributed by atoms with Crippen LogP contribution in [0.4, 0.5) is 0 Å². The first-order valence-corrected chi connectivity index (χ1v) is 5.65. The summed E-state index contributed by atoms with van der Waals surface area (Å²) in [5, 5.41) is 6.71. The number of ether oxygens (including phenoxy) is 2. The molecule has 0 aliphatic carbocycles. The van der Waals surface area contributed by atoms with Gasteiger partial charge in [-0.1, -0.05) is 0 Å². The Kier molecular flexibility index (Phi) is 4.19. The topological polar surface area (TPSA) is 42.5 Å². The molecule has 82 valence electrons.